The molecule has 106 valence electrons. The Morgan fingerprint density at radius 2 is 1.90 bits per heavy atom. The Kier molecular flexibility index (Phi) is 4.04. The number of hydrogen-bond acceptors (Lipinski definition) is 5. The van der Waals surface area contributed by atoms with E-state index in [0.29, 0.717) is 4.88 Å². The van der Waals surface area contributed by atoms with Crippen molar-refractivity contribution in [1.29, 1.82) is 0 Å². The van der Waals surface area contributed by atoms with E-state index in [1.54, 1.807) is 6.07 Å². The number of ketones is 1. The second-order valence-electron chi connectivity index (χ2n) is 4.41. The molecule has 0 bridgehead atoms. The molecule has 0 unspecified atom stereocenters. The first-order valence-corrected chi connectivity index (χ1v) is 9.10. The van der Waals surface area contributed by atoms with Gasteiger partial charge < -0.3 is 5.73 Å². The Hall–Kier alpha value is -1.18. The maximum Gasteiger partial charge on any atom is 0.203 e. The highest BCUT2D eigenvalue weighted by Gasteiger charge is 2.17. The maximum atomic E-state index is 12.4. The molecular formula is C13H12BrNO3S2. The van der Waals surface area contributed by atoms with Crippen molar-refractivity contribution in [1.82, 2.24) is 0 Å². The lowest BCUT2D eigenvalue weighted by molar-refractivity contribution is 0.104. The van der Waals surface area contributed by atoms with Gasteiger partial charge in [0.25, 0.3) is 0 Å². The number of carbonyl (C=O) groups is 1. The zero-order valence-corrected chi connectivity index (χ0v) is 14.0. The molecule has 1 heterocycles. The minimum absolute atomic E-state index is 0.0493. The molecule has 0 aliphatic carbocycles. The first-order chi connectivity index (χ1) is 9.18. The fourth-order valence-corrected chi connectivity index (χ4v) is 3.87. The molecule has 0 fully saturated rings. The van der Waals surface area contributed by atoms with Gasteiger partial charge in [-0.15, -0.1) is 11.3 Å². The van der Waals surface area contributed by atoms with Crippen molar-refractivity contribution in [2.75, 3.05) is 12.0 Å². The van der Waals surface area contributed by atoms with Gasteiger partial charge in [0.1, 0.15) is 0 Å². The van der Waals surface area contributed by atoms with Gasteiger partial charge in [0, 0.05) is 26.9 Å². The molecule has 2 rings (SSSR count). The van der Waals surface area contributed by atoms with E-state index in [-0.39, 0.29) is 21.9 Å². The number of carbonyl (C=O) groups excluding carboxylic acids is 1. The third-order valence-electron chi connectivity index (χ3n) is 2.70. The fraction of sp³-hybridized carbons (Fsp3) is 0.154. The minimum Gasteiger partial charge on any atom is -0.399 e. The summed E-state index contributed by atoms with van der Waals surface area (Å²) < 4.78 is 24.0. The summed E-state index contributed by atoms with van der Waals surface area (Å²) in [6.45, 7) is 1.90. The number of anilines is 1. The first-order valence-electron chi connectivity index (χ1n) is 5.60. The van der Waals surface area contributed by atoms with Crippen LogP contribution in [0, 0.1) is 6.92 Å². The molecule has 0 radical (unpaired) electrons. The van der Waals surface area contributed by atoms with Gasteiger partial charge in [-0.1, -0.05) is 0 Å². The van der Waals surface area contributed by atoms with E-state index in [1.807, 2.05) is 6.92 Å². The van der Waals surface area contributed by atoms with Crippen LogP contribution in [-0.2, 0) is 9.84 Å². The fourth-order valence-electron chi connectivity index (χ4n) is 1.68. The summed E-state index contributed by atoms with van der Waals surface area (Å²) in [5.74, 6) is -0.235. The number of thiophene rings is 1. The monoisotopic (exact) mass is 373 g/mol. The number of hydrogen-bond donors (Lipinski definition) is 1. The average molecular weight is 374 g/mol. The van der Waals surface area contributed by atoms with Gasteiger partial charge >= 0.3 is 0 Å². The summed E-state index contributed by atoms with van der Waals surface area (Å²) in [4.78, 5) is 14.0. The molecule has 0 aliphatic heterocycles. The summed E-state index contributed by atoms with van der Waals surface area (Å²) in [5.41, 5.74) is 6.21. The maximum absolute atomic E-state index is 12.4. The molecule has 0 aliphatic rings. The van der Waals surface area contributed by atoms with Crippen LogP contribution in [-0.4, -0.2) is 20.5 Å². The zero-order chi connectivity index (χ0) is 15.1. The summed E-state index contributed by atoms with van der Waals surface area (Å²) in [6, 6.07) is 5.92. The third kappa shape index (κ3) is 3.11. The van der Waals surface area contributed by atoms with E-state index >= 15 is 0 Å². The number of halogens is 1. The molecule has 20 heavy (non-hydrogen) atoms. The van der Waals surface area contributed by atoms with Gasteiger partial charge in [0.15, 0.2) is 9.84 Å². The van der Waals surface area contributed by atoms with E-state index in [1.165, 1.54) is 29.5 Å². The lowest BCUT2D eigenvalue weighted by Gasteiger charge is -2.04. The van der Waals surface area contributed by atoms with Gasteiger partial charge in [0.2, 0.25) is 5.78 Å². The van der Waals surface area contributed by atoms with Crippen LogP contribution in [0.2, 0.25) is 0 Å². The number of nitrogen functional groups attached to an aromatic ring is 1. The Morgan fingerprint density at radius 3 is 2.40 bits per heavy atom. The largest absolute Gasteiger partial charge is 0.399 e. The highest BCUT2D eigenvalue weighted by molar-refractivity contribution is 9.10. The van der Waals surface area contributed by atoms with Crippen molar-refractivity contribution in [3.05, 3.63) is 44.1 Å². The molecule has 1 aromatic heterocycles. The van der Waals surface area contributed by atoms with Crippen LogP contribution in [0.5, 0.6) is 0 Å². The lowest BCUT2D eigenvalue weighted by Crippen LogP contribution is -2.05. The predicted molar refractivity (Wildman–Crippen MR) is 84.2 cm³/mol. The lowest BCUT2D eigenvalue weighted by atomic mass is 10.1. The third-order valence-corrected chi connectivity index (χ3v) is 5.93. The normalized spacial score (nSPS) is 11.6. The molecule has 0 atom stereocenters. The number of nitrogens with two attached hydrogens (primary N) is 1. The smallest absolute Gasteiger partial charge is 0.203 e. The van der Waals surface area contributed by atoms with Crippen LogP contribution in [0.3, 0.4) is 0 Å². The molecule has 0 spiro atoms. The van der Waals surface area contributed by atoms with Crippen molar-refractivity contribution >= 4 is 48.6 Å². The molecule has 0 saturated heterocycles. The quantitative estimate of drug-likeness (QED) is 0.662. The Labute approximate surface area is 129 Å². The number of aryl methyl sites for hydroxylation is 1. The van der Waals surface area contributed by atoms with Crippen LogP contribution in [0.4, 0.5) is 5.69 Å². The molecule has 2 aromatic rings. The Bertz CT molecular complexity index is 774. The van der Waals surface area contributed by atoms with E-state index in [4.69, 9.17) is 5.73 Å². The topological polar surface area (TPSA) is 77.2 Å². The van der Waals surface area contributed by atoms with Crippen LogP contribution in [0.15, 0.2) is 33.6 Å². The Morgan fingerprint density at radius 1 is 1.25 bits per heavy atom. The number of benzene rings is 1. The van der Waals surface area contributed by atoms with Crippen LogP contribution in [0.25, 0.3) is 0 Å². The van der Waals surface area contributed by atoms with Gasteiger partial charge in [-0.3, -0.25) is 4.79 Å². The van der Waals surface area contributed by atoms with Crippen molar-refractivity contribution in [2.24, 2.45) is 0 Å². The predicted octanol–water partition coefficient (Wildman–Crippen LogP) is 3.04. The summed E-state index contributed by atoms with van der Waals surface area (Å²) in [5, 5.41) is 0. The number of sulfone groups is 1. The van der Waals surface area contributed by atoms with Crippen molar-refractivity contribution in [2.45, 2.75) is 11.8 Å². The summed E-state index contributed by atoms with van der Waals surface area (Å²) >= 11 is 4.71. The summed E-state index contributed by atoms with van der Waals surface area (Å²) in [6.07, 6.45) is 1.09. The molecule has 7 heteroatoms. The molecule has 1 aromatic carbocycles. The molecule has 4 nitrogen and oxygen atoms in total. The Balaban J connectivity index is 2.53. The molecular weight excluding hydrogens is 362 g/mol. The van der Waals surface area contributed by atoms with Gasteiger partial charge in [0.05, 0.1) is 9.77 Å². The summed E-state index contributed by atoms with van der Waals surface area (Å²) in [7, 11) is -3.40. The SMILES string of the molecule is Cc1sc(C(=O)c2cc(N)cc(S(C)(=O)=O)c2)cc1Br. The van der Waals surface area contributed by atoms with E-state index < -0.39 is 9.84 Å². The van der Waals surface area contributed by atoms with Crippen LogP contribution in [0.1, 0.15) is 20.1 Å². The second-order valence-corrected chi connectivity index (χ2v) is 8.53. The average Bonchev–Trinajstić information content (AvgIpc) is 2.67. The van der Waals surface area contributed by atoms with Gasteiger partial charge in [-0.2, -0.15) is 0 Å². The zero-order valence-electron chi connectivity index (χ0n) is 10.8. The van der Waals surface area contributed by atoms with Gasteiger partial charge in [-0.05, 0) is 47.1 Å². The highest BCUT2D eigenvalue weighted by atomic mass is 79.9. The van der Waals surface area contributed by atoms with Crippen molar-refractivity contribution in [3.8, 4) is 0 Å². The van der Waals surface area contributed by atoms with Crippen molar-refractivity contribution in [3.63, 3.8) is 0 Å². The van der Waals surface area contributed by atoms with E-state index in [9.17, 15) is 13.2 Å². The first kappa shape index (κ1) is 15.2. The van der Waals surface area contributed by atoms with E-state index in [0.717, 1.165) is 15.6 Å². The van der Waals surface area contributed by atoms with Gasteiger partial charge in [-0.25, -0.2) is 8.42 Å². The highest BCUT2D eigenvalue weighted by Crippen LogP contribution is 2.29. The van der Waals surface area contributed by atoms with Crippen LogP contribution < -0.4 is 5.73 Å². The molecule has 0 saturated carbocycles. The van der Waals surface area contributed by atoms with Crippen molar-refractivity contribution < 1.29 is 13.2 Å². The molecule has 2 N–H and O–H groups in total. The standard InChI is InChI=1S/C13H12BrNO3S2/c1-7-11(14)6-12(19-7)13(16)8-3-9(15)5-10(4-8)20(2,17)18/h3-6H,15H2,1-2H3. The van der Waals surface area contributed by atoms with Crippen LogP contribution >= 0.6 is 27.3 Å². The second kappa shape index (κ2) is 5.31. The minimum atomic E-state index is -3.40. The number of rotatable bonds is 3. The van der Waals surface area contributed by atoms with E-state index in [2.05, 4.69) is 15.9 Å². The molecule has 0 amide bonds.